The van der Waals surface area contributed by atoms with Gasteiger partial charge in [0, 0.05) is 18.5 Å². The summed E-state index contributed by atoms with van der Waals surface area (Å²) in [5, 5.41) is 2.05. The van der Waals surface area contributed by atoms with E-state index in [9.17, 15) is 0 Å². The summed E-state index contributed by atoms with van der Waals surface area (Å²) in [6.07, 6.45) is 1.06. The maximum absolute atomic E-state index is 8.49. The molecule has 10 heteroatoms. The molecule has 0 fully saturated rings. The maximum Gasteiger partial charge on any atom is 0.213 e. The number of rotatable bonds is 7. The smallest absolute Gasteiger partial charge is 0.213 e. The van der Waals surface area contributed by atoms with Crippen molar-refractivity contribution in [3.63, 3.8) is 0 Å². The lowest BCUT2D eigenvalue weighted by molar-refractivity contribution is -2.00. The van der Waals surface area contributed by atoms with Gasteiger partial charge >= 0.3 is 0 Å². The maximum atomic E-state index is 8.49. The molecule has 0 spiro atoms. The van der Waals surface area contributed by atoms with Gasteiger partial charge in [0.25, 0.3) is 0 Å². The summed E-state index contributed by atoms with van der Waals surface area (Å²) in [6, 6.07) is 15.8. The first-order valence-electron chi connectivity index (χ1n) is 9.70. The van der Waals surface area contributed by atoms with Gasteiger partial charge in [-0.25, -0.2) is 23.6 Å². The number of benzene rings is 2. The lowest BCUT2D eigenvalue weighted by Crippen LogP contribution is -2.77. The Labute approximate surface area is 188 Å². The van der Waals surface area contributed by atoms with Gasteiger partial charge in [-0.1, -0.05) is 0 Å². The van der Waals surface area contributed by atoms with Crippen LogP contribution in [0, 0.1) is 10.2 Å². The minimum absolute atomic E-state index is 0.811. The average molecular weight is 467 g/mol. The van der Waals surface area contributed by atoms with Crippen LogP contribution in [0.2, 0.25) is 0 Å². The van der Waals surface area contributed by atoms with Crippen molar-refractivity contribution in [2.24, 2.45) is 0 Å². The Morgan fingerprint density at radius 2 is 1.50 bits per heavy atom. The summed E-state index contributed by atoms with van der Waals surface area (Å²) in [7, 11) is 2.57. The third-order valence-electron chi connectivity index (χ3n) is 4.44. The largest absolute Gasteiger partial charge is 0.497 e. The average Bonchev–Trinajstić information content (AvgIpc) is 2.75. The molecule has 0 aliphatic rings. The van der Waals surface area contributed by atoms with E-state index in [1.165, 1.54) is 0 Å². The highest BCUT2D eigenvalue weighted by Crippen LogP contribution is 2.25. The molecule has 0 saturated carbocycles. The van der Waals surface area contributed by atoms with Gasteiger partial charge in [0.2, 0.25) is 5.36 Å². The van der Waals surface area contributed by atoms with Crippen LogP contribution in [0.3, 0.4) is 0 Å². The fourth-order valence-electron chi connectivity index (χ4n) is 2.95. The van der Waals surface area contributed by atoms with E-state index in [1.807, 2.05) is 42.5 Å². The van der Waals surface area contributed by atoms with Crippen LogP contribution >= 0.6 is 0 Å². The number of methoxy groups -OCH3 is 2. The summed E-state index contributed by atoms with van der Waals surface area (Å²) in [5.74, 6) is 2.45. The van der Waals surface area contributed by atoms with Crippen molar-refractivity contribution in [1.29, 1.82) is 0 Å². The molecule has 0 aliphatic heterocycles. The molecule has 2 aromatic carbocycles. The van der Waals surface area contributed by atoms with Crippen LogP contribution in [0.25, 0.3) is 22.3 Å². The van der Waals surface area contributed by atoms with Crippen molar-refractivity contribution in [3.05, 3.63) is 53.9 Å². The van der Waals surface area contributed by atoms with E-state index in [2.05, 4.69) is 30.1 Å². The Bertz CT molecular complexity index is 1050. The first kappa shape index (κ1) is 25.6. The van der Waals surface area contributed by atoms with Crippen molar-refractivity contribution >= 4 is 11.0 Å². The second-order valence-corrected chi connectivity index (χ2v) is 7.83. The first-order valence-corrected chi connectivity index (χ1v) is 10.9. The van der Waals surface area contributed by atoms with Gasteiger partial charge in [0.1, 0.15) is 29.4 Å². The van der Waals surface area contributed by atoms with Gasteiger partial charge in [0.05, 0.1) is 25.7 Å². The van der Waals surface area contributed by atoms with Crippen LogP contribution in [-0.4, -0.2) is 46.3 Å². The van der Waals surface area contributed by atoms with Crippen molar-refractivity contribution < 1.29 is 47.8 Å². The topological polar surface area (TPSA) is 141 Å². The lowest BCUT2D eigenvalue weighted by atomic mass is 10.1. The third kappa shape index (κ3) is 8.46. The van der Waals surface area contributed by atoms with E-state index in [-0.39, 0.29) is 0 Å². The molecule has 0 atom stereocenters. The van der Waals surface area contributed by atoms with E-state index in [1.54, 1.807) is 14.2 Å². The van der Waals surface area contributed by atoms with Crippen LogP contribution in [0.15, 0.2) is 52.9 Å². The monoisotopic (exact) mass is 466 g/mol. The predicted molar refractivity (Wildman–Crippen MR) is 107 cm³/mol. The molecule has 0 bridgehead atoms. The number of hydrogen-bond acceptors (Lipinski definition) is 8. The van der Waals surface area contributed by atoms with Gasteiger partial charge in [-0.3, -0.25) is 0 Å². The highest BCUT2D eigenvalue weighted by molar-refractivity contribution is 5.79. The molecule has 3 aromatic rings. The molecule has 0 saturated heterocycles. The standard InChI is InChI=1S/C22H26N2O3.ClHO4/c1-24(2)13-5-12-23-20-15-22(16-6-8-17(25-3)9-7-16)27-21-11-10-18(26-4)14-19(20)21;2-1(3,4)5/h6-11,14-15H,5,12-13H2,1-4H3;(H,2,3,4,5). The zero-order chi connectivity index (χ0) is 23.7. The van der Waals surface area contributed by atoms with Crippen LogP contribution < -0.4 is 38.5 Å². The fraction of sp³-hybridized carbons (Fsp3) is 0.318. The Morgan fingerprint density at radius 3 is 2.06 bits per heavy atom. The van der Waals surface area contributed by atoms with Gasteiger partial charge in [-0.2, -0.15) is 0 Å². The van der Waals surface area contributed by atoms with Crippen LogP contribution in [0.1, 0.15) is 6.42 Å². The number of ether oxygens (including phenoxy) is 2. The molecular weight excluding hydrogens is 440 g/mol. The molecule has 32 heavy (non-hydrogen) atoms. The summed E-state index contributed by atoms with van der Waals surface area (Å²) < 4.78 is 50.8. The molecule has 0 radical (unpaired) electrons. The second-order valence-electron chi connectivity index (χ2n) is 7.08. The Morgan fingerprint density at radius 1 is 0.906 bits per heavy atom. The zero-order valence-corrected chi connectivity index (χ0v) is 19.2. The Hall–Kier alpha value is -2.66. The molecule has 0 aliphatic carbocycles. The summed E-state index contributed by atoms with van der Waals surface area (Å²) in [6.45, 7) is 1.92. The van der Waals surface area contributed by atoms with Crippen molar-refractivity contribution in [2.75, 3.05) is 41.4 Å². The minimum Gasteiger partial charge on any atom is -0.497 e. The quantitative estimate of drug-likeness (QED) is 0.371. The van der Waals surface area contributed by atoms with Gasteiger partial charge in [0.15, 0.2) is 0 Å². The summed E-state index contributed by atoms with van der Waals surface area (Å²) in [5.41, 5.74) is 1.82. The number of nitrogens with one attached hydrogen (secondary N) is 1. The summed E-state index contributed by atoms with van der Waals surface area (Å²) >= 11 is 0. The molecule has 1 aromatic heterocycles. The fourth-order valence-corrected chi connectivity index (χ4v) is 2.95. The minimum atomic E-state index is -4.94. The molecular formula is C22H27ClN2O7. The van der Waals surface area contributed by atoms with Gasteiger partial charge < -0.3 is 18.8 Å². The van der Waals surface area contributed by atoms with E-state index < -0.39 is 10.2 Å². The molecule has 3 rings (SSSR count). The molecule has 9 nitrogen and oxygen atoms in total. The number of fused-ring (bicyclic) bond motifs is 1. The summed E-state index contributed by atoms with van der Waals surface area (Å²) in [4.78, 5) is 5.75. The molecule has 0 amide bonds. The highest BCUT2D eigenvalue weighted by Gasteiger charge is 2.10. The van der Waals surface area contributed by atoms with Crippen molar-refractivity contribution in [2.45, 2.75) is 6.42 Å². The van der Waals surface area contributed by atoms with Crippen molar-refractivity contribution in [3.8, 4) is 22.8 Å². The molecule has 1 heterocycles. The lowest BCUT2D eigenvalue weighted by Gasteiger charge is -2.17. The molecule has 174 valence electrons. The van der Waals surface area contributed by atoms with Gasteiger partial charge in [-0.05, 0) is 56.6 Å². The van der Waals surface area contributed by atoms with E-state index in [4.69, 9.17) is 32.5 Å². The normalized spacial score (nSPS) is 12.0. The van der Waals surface area contributed by atoms with E-state index >= 15 is 0 Å². The van der Waals surface area contributed by atoms with Crippen LogP contribution in [0.4, 0.5) is 0 Å². The van der Waals surface area contributed by atoms with Crippen LogP contribution in [-0.2, 0) is 0 Å². The molecule has 1 N–H and O–H groups in total. The van der Waals surface area contributed by atoms with Crippen molar-refractivity contribution in [1.82, 2.24) is 4.90 Å². The van der Waals surface area contributed by atoms with E-state index in [0.29, 0.717) is 0 Å². The molecule has 0 unspecified atom stereocenters. The Kier molecular flexibility index (Phi) is 9.45. The van der Waals surface area contributed by atoms with E-state index in [0.717, 1.165) is 58.7 Å². The second kappa shape index (κ2) is 11.8. The first-order chi connectivity index (χ1) is 15.1. The van der Waals surface area contributed by atoms with Crippen LogP contribution in [0.5, 0.6) is 11.5 Å². The number of halogens is 1. The highest BCUT2D eigenvalue weighted by atomic mass is 35.7. The third-order valence-corrected chi connectivity index (χ3v) is 4.44. The zero-order valence-electron chi connectivity index (χ0n) is 18.4. The Balaban J connectivity index is 0.000000654. The number of nitrogens with zero attached hydrogens (tertiary/aromatic N) is 1. The predicted octanol–water partition coefficient (Wildman–Crippen LogP) is -2.71. The SMILES string of the molecule is COc1ccc(-c2cc(=[NH+]CCCN(C)C)c3cc(OC)ccc3o2)cc1.[O-][Cl+3]([O-])([O-])[O-]. The number of hydrogen-bond donors (Lipinski definition) is 1. The van der Waals surface area contributed by atoms with Gasteiger partial charge in [-0.15, -0.1) is 10.2 Å².